The molecule has 0 aliphatic rings. The summed E-state index contributed by atoms with van der Waals surface area (Å²) >= 11 is 0. The molecular weight excluding hydrogens is 230 g/mol. The molecule has 1 aromatic heterocycles. The van der Waals surface area contributed by atoms with Crippen molar-refractivity contribution in [3.63, 3.8) is 0 Å². The number of carbonyl (C=O) groups is 1. The smallest absolute Gasteiger partial charge is 0.339 e. The Hall–Kier alpha value is -1.29. The summed E-state index contributed by atoms with van der Waals surface area (Å²) in [6.45, 7) is 8.81. The van der Waals surface area contributed by atoms with Gasteiger partial charge < -0.3 is 14.8 Å². The minimum atomic E-state index is -0.935. The van der Waals surface area contributed by atoms with Gasteiger partial charge in [0.2, 0.25) is 0 Å². The van der Waals surface area contributed by atoms with Crippen LogP contribution in [0.3, 0.4) is 0 Å². The van der Waals surface area contributed by atoms with E-state index in [1.54, 1.807) is 13.0 Å². The van der Waals surface area contributed by atoms with E-state index in [2.05, 4.69) is 26.1 Å². The summed E-state index contributed by atoms with van der Waals surface area (Å²) in [5, 5.41) is 12.3. The minimum absolute atomic E-state index is 0.252. The largest absolute Gasteiger partial charge is 0.478 e. The standard InChI is InChI=1S/C14H23NO3/c1-9(2)5-6-10(3)15-8-12-7-13(14(16)17)11(4)18-12/h7,9-10,15H,5-6,8H2,1-4H3,(H,16,17). The normalized spacial score (nSPS) is 12.9. The fourth-order valence-electron chi connectivity index (χ4n) is 1.80. The van der Waals surface area contributed by atoms with Gasteiger partial charge >= 0.3 is 5.97 Å². The summed E-state index contributed by atoms with van der Waals surface area (Å²) < 4.78 is 5.41. The quantitative estimate of drug-likeness (QED) is 0.783. The zero-order valence-electron chi connectivity index (χ0n) is 11.6. The summed E-state index contributed by atoms with van der Waals surface area (Å²) in [6.07, 6.45) is 2.30. The van der Waals surface area contributed by atoms with Crippen molar-refractivity contribution >= 4 is 5.97 Å². The number of carboxylic acids is 1. The van der Waals surface area contributed by atoms with Crippen LogP contribution in [-0.4, -0.2) is 17.1 Å². The minimum Gasteiger partial charge on any atom is -0.478 e. The van der Waals surface area contributed by atoms with E-state index in [-0.39, 0.29) is 5.56 Å². The van der Waals surface area contributed by atoms with E-state index in [4.69, 9.17) is 9.52 Å². The van der Waals surface area contributed by atoms with Gasteiger partial charge in [-0.1, -0.05) is 13.8 Å². The van der Waals surface area contributed by atoms with Crippen LogP contribution >= 0.6 is 0 Å². The van der Waals surface area contributed by atoms with Crippen LogP contribution in [0.1, 0.15) is 55.5 Å². The van der Waals surface area contributed by atoms with Gasteiger partial charge in [-0.3, -0.25) is 0 Å². The molecule has 18 heavy (non-hydrogen) atoms. The first-order chi connectivity index (χ1) is 8.40. The van der Waals surface area contributed by atoms with E-state index in [1.807, 2.05) is 0 Å². The predicted molar refractivity (Wildman–Crippen MR) is 70.8 cm³/mol. The molecule has 1 aromatic rings. The lowest BCUT2D eigenvalue weighted by atomic mass is 10.0. The summed E-state index contributed by atoms with van der Waals surface area (Å²) in [5.41, 5.74) is 0.252. The third-order valence-electron chi connectivity index (χ3n) is 3.00. The van der Waals surface area contributed by atoms with Gasteiger partial charge in [-0.25, -0.2) is 4.79 Å². The Morgan fingerprint density at radius 3 is 2.56 bits per heavy atom. The number of rotatable bonds is 7. The number of hydrogen-bond donors (Lipinski definition) is 2. The van der Waals surface area contributed by atoms with E-state index in [0.717, 1.165) is 6.42 Å². The Morgan fingerprint density at radius 1 is 1.39 bits per heavy atom. The zero-order valence-corrected chi connectivity index (χ0v) is 11.6. The van der Waals surface area contributed by atoms with Crippen molar-refractivity contribution in [2.75, 3.05) is 0 Å². The highest BCUT2D eigenvalue weighted by Crippen LogP contribution is 2.15. The molecule has 1 heterocycles. The first-order valence-corrected chi connectivity index (χ1v) is 6.46. The van der Waals surface area contributed by atoms with Gasteiger partial charge in [0.15, 0.2) is 0 Å². The molecule has 0 bridgehead atoms. The highest BCUT2D eigenvalue weighted by molar-refractivity contribution is 5.88. The molecule has 0 aliphatic carbocycles. The summed E-state index contributed by atoms with van der Waals surface area (Å²) in [5.74, 6) is 0.921. The highest BCUT2D eigenvalue weighted by atomic mass is 16.4. The van der Waals surface area contributed by atoms with E-state index in [0.29, 0.717) is 30.0 Å². The van der Waals surface area contributed by atoms with Crippen LogP contribution in [-0.2, 0) is 6.54 Å². The second kappa shape index (κ2) is 6.59. The molecule has 1 atom stereocenters. The SMILES string of the molecule is Cc1oc(CNC(C)CCC(C)C)cc1C(=O)O. The first kappa shape index (κ1) is 14.8. The van der Waals surface area contributed by atoms with Crippen molar-refractivity contribution in [2.45, 2.75) is 53.1 Å². The molecule has 0 radical (unpaired) electrons. The number of carboxylic acid groups (broad SMARTS) is 1. The fourth-order valence-corrected chi connectivity index (χ4v) is 1.80. The van der Waals surface area contributed by atoms with Crippen LogP contribution in [0.15, 0.2) is 10.5 Å². The molecule has 2 N–H and O–H groups in total. The van der Waals surface area contributed by atoms with E-state index >= 15 is 0 Å². The molecule has 0 spiro atoms. The summed E-state index contributed by atoms with van der Waals surface area (Å²) in [7, 11) is 0. The monoisotopic (exact) mass is 253 g/mol. The van der Waals surface area contributed by atoms with Crippen molar-refractivity contribution in [2.24, 2.45) is 5.92 Å². The maximum absolute atomic E-state index is 10.9. The van der Waals surface area contributed by atoms with Crippen molar-refractivity contribution in [1.82, 2.24) is 5.32 Å². The lowest BCUT2D eigenvalue weighted by molar-refractivity contribution is 0.0695. The maximum atomic E-state index is 10.9. The highest BCUT2D eigenvalue weighted by Gasteiger charge is 2.13. The maximum Gasteiger partial charge on any atom is 0.339 e. The number of hydrogen-bond acceptors (Lipinski definition) is 3. The van der Waals surface area contributed by atoms with Gasteiger partial charge in [0.25, 0.3) is 0 Å². The Bertz CT molecular complexity index is 396. The number of furan rings is 1. The molecule has 4 nitrogen and oxygen atoms in total. The van der Waals surface area contributed by atoms with Crippen molar-refractivity contribution < 1.29 is 14.3 Å². The van der Waals surface area contributed by atoms with Crippen molar-refractivity contribution in [3.8, 4) is 0 Å². The molecule has 1 rings (SSSR count). The lowest BCUT2D eigenvalue weighted by Gasteiger charge is -2.13. The molecule has 0 amide bonds. The number of aromatic carboxylic acids is 1. The van der Waals surface area contributed by atoms with Crippen LogP contribution < -0.4 is 5.32 Å². The molecule has 0 fully saturated rings. The molecule has 1 unspecified atom stereocenters. The average Bonchev–Trinajstić information content (AvgIpc) is 2.65. The van der Waals surface area contributed by atoms with Crippen LogP contribution in [0.25, 0.3) is 0 Å². The summed E-state index contributed by atoms with van der Waals surface area (Å²) in [6, 6.07) is 2.01. The average molecular weight is 253 g/mol. The molecule has 0 saturated carbocycles. The molecule has 0 aromatic carbocycles. The molecule has 0 saturated heterocycles. The van der Waals surface area contributed by atoms with Crippen molar-refractivity contribution in [3.05, 3.63) is 23.2 Å². The van der Waals surface area contributed by atoms with E-state index < -0.39 is 5.97 Å². The Kier molecular flexibility index (Phi) is 5.41. The fraction of sp³-hybridized carbons (Fsp3) is 0.643. The Morgan fingerprint density at radius 2 is 2.06 bits per heavy atom. The number of nitrogens with one attached hydrogen (secondary N) is 1. The van der Waals surface area contributed by atoms with Gasteiger partial charge in [0, 0.05) is 6.04 Å². The molecule has 102 valence electrons. The zero-order chi connectivity index (χ0) is 13.7. The van der Waals surface area contributed by atoms with Gasteiger partial charge in [-0.05, 0) is 38.7 Å². The summed E-state index contributed by atoms with van der Waals surface area (Å²) in [4.78, 5) is 10.9. The topological polar surface area (TPSA) is 62.5 Å². The van der Waals surface area contributed by atoms with Gasteiger partial charge in [-0.2, -0.15) is 0 Å². The second-order valence-corrected chi connectivity index (χ2v) is 5.24. The lowest BCUT2D eigenvalue weighted by Crippen LogP contribution is -2.25. The third-order valence-corrected chi connectivity index (χ3v) is 3.00. The van der Waals surface area contributed by atoms with Gasteiger partial charge in [0.1, 0.15) is 17.1 Å². The van der Waals surface area contributed by atoms with Crippen LogP contribution in [0.4, 0.5) is 0 Å². The van der Waals surface area contributed by atoms with Gasteiger partial charge in [-0.15, -0.1) is 0 Å². The van der Waals surface area contributed by atoms with Crippen molar-refractivity contribution in [1.29, 1.82) is 0 Å². The van der Waals surface area contributed by atoms with Crippen LogP contribution in [0.5, 0.6) is 0 Å². The van der Waals surface area contributed by atoms with E-state index in [9.17, 15) is 4.79 Å². The van der Waals surface area contributed by atoms with E-state index in [1.165, 1.54) is 6.42 Å². The molecule has 4 heteroatoms. The second-order valence-electron chi connectivity index (χ2n) is 5.24. The van der Waals surface area contributed by atoms with Crippen LogP contribution in [0.2, 0.25) is 0 Å². The molecule has 0 aliphatic heterocycles. The first-order valence-electron chi connectivity index (χ1n) is 6.46. The predicted octanol–water partition coefficient (Wildman–Crippen LogP) is 3.20. The number of aryl methyl sites for hydroxylation is 1. The molecular formula is C14H23NO3. The van der Waals surface area contributed by atoms with Crippen LogP contribution in [0, 0.1) is 12.8 Å². The Labute approximate surface area is 108 Å². The Balaban J connectivity index is 2.43. The van der Waals surface area contributed by atoms with Gasteiger partial charge in [0.05, 0.1) is 6.54 Å². The third kappa shape index (κ3) is 4.53.